The van der Waals surface area contributed by atoms with Gasteiger partial charge in [-0.1, -0.05) is 18.2 Å². The fraction of sp³-hybridized carbons (Fsp3) is 0.455. The summed E-state index contributed by atoms with van der Waals surface area (Å²) >= 11 is 0. The molecule has 0 spiro atoms. The van der Waals surface area contributed by atoms with Crippen LogP contribution in [0.4, 0.5) is 5.69 Å². The number of nitrogens with one attached hydrogen (secondary N) is 1. The first-order valence-electron chi connectivity index (χ1n) is 9.73. The van der Waals surface area contributed by atoms with Crippen molar-refractivity contribution in [2.24, 2.45) is 5.92 Å². The van der Waals surface area contributed by atoms with Crippen LogP contribution in [0.2, 0.25) is 0 Å². The predicted molar refractivity (Wildman–Crippen MR) is 104 cm³/mol. The van der Waals surface area contributed by atoms with Gasteiger partial charge < -0.3 is 5.32 Å². The molecule has 0 radical (unpaired) electrons. The number of amides is 1. The predicted octanol–water partition coefficient (Wildman–Crippen LogP) is 4.12. The maximum absolute atomic E-state index is 12.7. The molecule has 2 fully saturated rings. The number of piperidine rings is 1. The van der Waals surface area contributed by atoms with Gasteiger partial charge in [0.15, 0.2) is 0 Å². The first-order valence-corrected chi connectivity index (χ1v) is 9.73. The first-order chi connectivity index (χ1) is 12.7. The number of nitrogens with zero attached hydrogens (tertiary/aromatic N) is 2. The lowest BCUT2D eigenvalue weighted by Crippen LogP contribution is -2.40. The van der Waals surface area contributed by atoms with E-state index >= 15 is 0 Å². The van der Waals surface area contributed by atoms with Crippen molar-refractivity contribution in [1.82, 2.24) is 9.88 Å². The first kappa shape index (κ1) is 17.2. The number of pyridine rings is 1. The highest BCUT2D eigenvalue weighted by molar-refractivity contribution is 5.92. The van der Waals surface area contributed by atoms with E-state index in [0.717, 1.165) is 49.8 Å². The quantitative estimate of drug-likeness (QED) is 0.883. The van der Waals surface area contributed by atoms with Gasteiger partial charge in [0.25, 0.3) is 0 Å². The topological polar surface area (TPSA) is 45.2 Å². The summed E-state index contributed by atoms with van der Waals surface area (Å²) in [5.74, 6) is 0.948. The molecule has 1 aliphatic heterocycles. The van der Waals surface area contributed by atoms with Gasteiger partial charge >= 0.3 is 0 Å². The van der Waals surface area contributed by atoms with E-state index in [0.29, 0.717) is 0 Å². The van der Waals surface area contributed by atoms with Crippen molar-refractivity contribution in [3.8, 4) is 0 Å². The lowest BCUT2D eigenvalue weighted by molar-refractivity contribution is -0.121. The van der Waals surface area contributed by atoms with Crippen molar-refractivity contribution in [3.63, 3.8) is 0 Å². The minimum atomic E-state index is 0.0517. The number of aryl methyl sites for hydroxylation is 1. The Morgan fingerprint density at radius 3 is 2.73 bits per heavy atom. The van der Waals surface area contributed by atoms with E-state index < -0.39 is 0 Å². The van der Waals surface area contributed by atoms with Crippen molar-refractivity contribution < 1.29 is 4.79 Å². The number of carbonyl (C=O) groups is 1. The SMILES string of the molecule is Cc1cccnc1CN1CCC[C@H](C(=O)Nc2ccc(C3CC3)cc2)C1. The molecule has 1 aromatic carbocycles. The molecule has 1 atom stereocenters. The van der Waals surface area contributed by atoms with Crippen LogP contribution in [0.1, 0.15) is 48.4 Å². The number of hydrogen-bond donors (Lipinski definition) is 1. The summed E-state index contributed by atoms with van der Waals surface area (Å²) in [7, 11) is 0. The highest BCUT2D eigenvalue weighted by atomic mass is 16.1. The maximum atomic E-state index is 12.7. The molecule has 1 N–H and O–H groups in total. The summed E-state index contributed by atoms with van der Waals surface area (Å²) in [5, 5.41) is 3.11. The van der Waals surface area contributed by atoms with Crippen LogP contribution in [0.5, 0.6) is 0 Å². The molecule has 4 nitrogen and oxygen atoms in total. The Labute approximate surface area is 155 Å². The maximum Gasteiger partial charge on any atom is 0.228 e. The number of likely N-dealkylation sites (tertiary alicyclic amines) is 1. The molecule has 1 amide bonds. The van der Waals surface area contributed by atoms with E-state index in [2.05, 4.69) is 40.3 Å². The average molecular weight is 349 g/mol. The van der Waals surface area contributed by atoms with Crippen LogP contribution < -0.4 is 5.32 Å². The number of benzene rings is 1. The molecule has 1 saturated carbocycles. The average Bonchev–Trinajstić information content (AvgIpc) is 3.50. The third-order valence-electron chi connectivity index (χ3n) is 5.59. The van der Waals surface area contributed by atoms with E-state index in [9.17, 15) is 4.79 Å². The summed E-state index contributed by atoms with van der Waals surface area (Å²) < 4.78 is 0. The zero-order valence-corrected chi connectivity index (χ0v) is 15.4. The molecule has 2 aromatic rings. The minimum Gasteiger partial charge on any atom is -0.326 e. The Morgan fingerprint density at radius 2 is 2.00 bits per heavy atom. The van der Waals surface area contributed by atoms with Crippen LogP contribution in [0.3, 0.4) is 0 Å². The summed E-state index contributed by atoms with van der Waals surface area (Å²) in [6.07, 6.45) is 6.48. The van der Waals surface area contributed by atoms with Gasteiger partial charge in [-0.05, 0) is 74.4 Å². The summed E-state index contributed by atoms with van der Waals surface area (Å²) in [5.41, 5.74) is 4.65. The third-order valence-corrected chi connectivity index (χ3v) is 5.59. The molecule has 0 unspecified atom stereocenters. The minimum absolute atomic E-state index is 0.0517. The lowest BCUT2D eigenvalue weighted by Gasteiger charge is -2.32. The Hall–Kier alpha value is -2.20. The van der Waals surface area contributed by atoms with E-state index in [-0.39, 0.29) is 11.8 Å². The molecule has 2 aliphatic rings. The zero-order valence-electron chi connectivity index (χ0n) is 15.4. The highest BCUT2D eigenvalue weighted by Gasteiger charge is 2.27. The highest BCUT2D eigenvalue weighted by Crippen LogP contribution is 2.40. The molecule has 2 heterocycles. The van der Waals surface area contributed by atoms with Gasteiger partial charge in [-0.25, -0.2) is 0 Å². The van der Waals surface area contributed by atoms with Crippen LogP contribution in [-0.4, -0.2) is 28.9 Å². The Morgan fingerprint density at radius 1 is 1.19 bits per heavy atom. The normalized spacial score (nSPS) is 20.7. The fourth-order valence-electron chi connectivity index (χ4n) is 3.81. The second kappa shape index (κ2) is 7.58. The second-order valence-electron chi connectivity index (χ2n) is 7.73. The van der Waals surface area contributed by atoms with Gasteiger partial charge in [0.05, 0.1) is 11.6 Å². The Balaban J connectivity index is 1.34. The molecule has 4 rings (SSSR count). The van der Waals surface area contributed by atoms with Crippen LogP contribution in [0.25, 0.3) is 0 Å². The number of hydrogen-bond acceptors (Lipinski definition) is 3. The fourth-order valence-corrected chi connectivity index (χ4v) is 3.81. The van der Waals surface area contributed by atoms with Gasteiger partial charge in [-0.3, -0.25) is 14.7 Å². The van der Waals surface area contributed by atoms with Gasteiger partial charge in [-0.2, -0.15) is 0 Å². The van der Waals surface area contributed by atoms with E-state index in [1.54, 1.807) is 0 Å². The Kier molecular flexibility index (Phi) is 5.02. The molecule has 1 saturated heterocycles. The molecule has 1 aromatic heterocycles. The van der Waals surface area contributed by atoms with Crippen molar-refractivity contribution in [1.29, 1.82) is 0 Å². The monoisotopic (exact) mass is 349 g/mol. The molecule has 26 heavy (non-hydrogen) atoms. The largest absolute Gasteiger partial charge is 0.326 e. The van der Waals surface area contributed by atoms with Crippen molar-refractivity contribution in [3.05, 3.63) is 59.4 Å². The van der Waals surface area contributed by atoms with Crippen molar-refractivity contribution in [2.45, 2.75) is 45.1 Å². The summed E-state index contributed by atoms with van der Waals surface area (Å²) in [4.78, 5) is 19.6. The molecule has 136 valence electrons. The number of rotatable bonds is 5. The van der Waals surface area contributed by atoms with Crippen molar-refractivity contribution in [2.75, 3.05) is 18.4 Å². The van der Waals surface area contributed by atoms with E-state index in [1.807, 2.05) is 24.4 Å². The van der Waals surface area contributed by atoms with Gasteiger partial charge in [0.1, 0.15) is 0 Å². The summed E-state index contributed by atoms with van der Waals surface area (Å²) in [6.45, 7) is 4.77. The molecule has 0 bridgehead atoms. The number of anilines is 1. The standard InChI is InChI=1S/C22H27N3O/c1-16-4-2-12-23-21(16)15-25-13-3-5-19(14-25)22(26)24-20-10-8-18(9-11-20)17-6-7-17/h2,4,8-12,17,19H,3,5-7,13-15H2,1H3,(H,24,26)/t19-/m0/s1. The number of carbonyl (C=O) groups excluding carboxylic acids is 1. The van der Waals surface area contributed by atoms with Crippen molar-refractivity contribution >= 4 is 11.6 Å². The van der Waals surface area contributed by atoms with Gasteiger partial charge in [-0.15, -0.1) is 0 Å². The molecular formula is C22H27N3O. The molecule has 4 heteroatoms. The molecule has 1 aliphatic carbocycles. The Bertz CT molecular complexity index is 767. The zero-order chi connectivity index (χ0) is 17.9. The smallest absolute Gasteiger partial charge is 0.228 e. The van der Waals surface area contributed by atoms with E-state index in [1.165, 1.54) is 24.0 Å². The third kappa shape index (κ3) is 4.13. The van der Waals surface area contributed by atoms with Crippen LogP contribution in [0, 0.1) is 12.8 Å². The summed E-state index contributed by atoms with van der Waals surface area (Å²) in [6, 6.07) is 12.5. The van der Waals surface area contributed by atoms with E-state index in [4.69, 9.17) is 0 Å². The van der Waals surface area contributed by atoms with Crippen LogP contribution in [-0.2, 0) is 11.3 Å². The second-order valence-corrected chi connectivity index (χ2v) is 7.73. The van der Waals surface area contributed by atoms with Crippen LogP contribution >= 0.6 is 0 Å². The van der Waals surface area contributed by atoms with Gasteiger partial charge in [0, 0.05) is 25.0 Å². The number of aromatic nitrogens is 1. The van der Waals surface area contributed by atoms with Gasteiger partial charge in [0.2, 0.25) is 5.91 Å². The molecular weight excluding hydrogens is 322 g/mol. The lowest BCUT2D eigenvalue weighted by atomic mass is 9.96. The van der Waals surface area contributed by atoms with Crippen LogP contribution in [0.15, 0.2) is 42.6 Å².